The lowest BCUT2D eigenvalue weighted by Crippen LogP contribution is -2.24. The monoisotopic (exact) mass is 311 g/mol. The first-order valence-electron chi connectivity index (χ1n) is 6.34. The third kappa shape index (κ3) is 4.14. The first-order valence-corrected chi connectivity index (χ1v) is 8.70. The molecule has 0 saturated carbocycles. The number of aliphatic hydroxyl groups excluding tert-OH is 1. The zero-order chi connectivity index (χ0) is 14.4. The summed E-state index contributed by atoms with van der Waals surface area (Å²) in [4.78, 5) is 0. The smallest absolute Gasteiger partial charge is 0.250 e. The molecule has 1 heterocycles. The molecule has 0 aliphatic rings. The summed E-state index contributed by atoms with van der Waals surface area (Å²) in [5.41, 5.74) is 1.82. The molecule has 2 rings (SSSR count). The molecule has 0 amide bonds. The molecule has 0 radical (unpaired) electrons. The van der Waals surface area contributed by atoms with Gasteiger partial charge >= 0.3 is 0 Å². The molecule has 4 nitrogen and oxygen atoms in total. The minimum atomic E-state index is -3.45. The Labute approximate surface area is 123 Å². The van der Waals surface area contributed by atoms with Crippen LogP contribution in [0.25, 0.3) is 0 Å². The maximum Gasteiger partial charge on any atom is 0.250 e. The van der Waals surface area contributed by atoms with Gasteiger partial charge in [-0.15, -0.1) is 11.3 Å². The second-order valence-corrected chi connectivity index (χ2v) is 7.32. The van der Waals surface area contributed by atoms with Gasteiger partial charge in [0.1, 0.15) is 4.21 Å². The first-order chi connectivity index (χ1) is 9.62. The number of nitrogens with one attached hydrogen (secondary N) is 1. The van der Waals surface area contributed by atoms with E-state index in [-0.39, 0.29) is 10.8 Å². The van der Waals surface area contributed by atoms with Gasteiger partial charge in [0.05, 0.1) is 6.61 Å². The zero-order valence-electron chi connectivity index (χ0n) is 11.0. The molecule has 1 aromatic heterocycles. The number of hydrogen-bond acceptors (Lipinski definition) is 4. The molecular weight excluding hydrogens is 294 g/mol. The average molecular weight is 311 g/mol. The van der Waals surface area contributed by atoms with Crippen LogP contribution in [-0.2, 0) is 23.1 Å². The van der Waals surface area contributed by atoms with Crippen LogP contribution in [0.15, 0.2) is 46.0 Å². The van der Waals surface area contributed by atoms with E-state index in [9.17, 15) is 8.42 Å². The van der Waals surface area contributed by atoms with Crippen molar-refractivity contribution in [2.24, 2.45) is 0 Å². The van der Waals surface area contributed by atoms with Gasteiger partial charge in [0.2, 0.25) is 10.0 Å². The molecule has 0 bridgehead atoms. The largest absolute Gasteiger partial charge is 0.392 e. The Morgan fingerprint density at radius 2 is 1.90 bits per heavy atom. The Kier molecular flexibility index (Phi) is 5.31. The van der Waals surface area contributed by atoms with Crippen LogP contribution in [0, 0.1) is 0 Å². The van der Waals surface area contributed by atoms with Gasteiger partial charge in [-0.05, 0) is 35.4 Å². The minimum Gasteiger partial charge on any atom is -0.392 e. The maximum absolute atomic E-state index is 12.0. The van der Waals surface area contributed by atoms with Crippen LogP contribution in [-0.4, -0.2) is 20.1 Å². The Morgan fingerprint density at radius 3 is 2.55 bits per heavy atom. The summed E-state index contributed by atoms with van der Waals surface area (Å²) < 4.78 is 26.8. The molecule has 0 unspecified atom stereocenters. The number of benzene rings is 1. The maximum atomic E-state index is 12.0. The first kappa shape index (κ1) is 15.2. The summed E-state index contributed by atoms with van der Waals surface area (Å²) in [7, 11) is -3.45. The molecule has 20 heavy (non-hydrogen) atoms. The van der Waals surface area contributed by atoms with Gasteiger partial charge in [-0.1, -0.05) is 30.3 Å². The molecule has 0 atom stereocenters. The molecule has 0 spiro atoms. The lowest BCUT2D eigenvalue weighted by Gasteiger charge is -2.04. The van der Waals surface area contributed by atoms with E-state index in [1.807, 2.05) is 30.3 Å². The van der Waals surface area contributed by atoms with Crippen LogP contribution >= 0.6 is 11.3 Å². The molecule has 6 heteroatoms. The van der Waals surface area contributed by atoms with Crippen LogP contribution in [0.1, 0.15) is 17.5 Å². The van der Waals surface area contributed by atoms with E-state index in [1.165, 1.54) is 11.6 Å². The molecular formula is C14H17NO3S2. The van der Waals surface area contributed by atoms with Crippen LogP contribution in [0.4, 0.5) is 0 Å². The fourth-order valence-corrected chi connectivity index (χ4v) is 4.11. The third-order valence-corrected chi connectivity index (χ3v) is 5.80. The van der Waals surface area contributed by atoms with E-state index in [0.29, 0.717) is 12.1 Å². The predicted octanol–water partition coefficient (Wildman–Crippen LogP) is 2.15. The fraction of sp³-hybridized carbons (Fsp3) is 0.286. The van der Waals surface area contributed by atoms with Gasteiger partial charge in [0.25, 0.3) is 0 Å². The van der Waals surface area contributed by atoms with Gasteiger partial charge in [-0.3, -0.25) is 0 Å². The van der Waals surface area contributed by atoms with Crippen molar-refractivity contribution in [1.29, 1.82) is 0 Å². The quantitative estimate of drug-likeness (QED) is 0.770. The van der Waals surface area contributed by atoms with E-state index >= 15 is 0 Å². The molecule has 0 saturated heterocycles. The van der Waals surface area contributed by atoms with Gasteiger partial charge in [0, 0.05) is 6.54 Å². The zero-order valence-corrected chi connectivity index (χ0v) is 12.6. The topological polar surface area (TPSA) is 66.4 Å². The fourth-order valence-electron chi connectivity index (χ4n) is 1.79. The average Bonchev–Trinajstić information content (AvgIpc) is 2.95. The van der Waals surface area contributed by atoms with Crippen molar-refractivity contribution in [3.8, 4) is 0 Å². The van der Waals surface area contributed by atoms with Crippen LogP contribution < -0.4 is 4.72 Å². The number of aliphatic hydroxyl groups is 1. The normalized spacial score (nSPS) is 11.7. The van der Waals surface area contributed by atoms with Crippen molar-refractivity contribution in [2.75, 3.05) is 6.54 Å². The van der Waals surface area contributed by atoms with E-state index in [4.69, 9.17) is 5.11 Å². The number of hydrogen-bond donors (Lipinski definition) is 2. The number of aryl methyl sites for hydroxylation is 1. The Bertz CT molecular complexity index is 635. The van der Waals surface area contributed by atoms with Crippen LogP contribution in [0.5, 0.6) is 0 Å². The number of thiophene rings is 1. The SMILES string of the molecule is O=S(=O)(NCCCc1ccccc1)c1cc(CO)cs1. The highest BCUT2D eigenvalue weighted by atomic mass is 32.2. The third-order valence-electron chi connectivity index (χ3n) is 2.85. The number of sulfonamides is 1. The molecule has 108 valence electrons. The van der Waals surface area contributed by atoms with Gasteiger partial charge in [-0.2, -0.15) is 0 Å². The van der Waals surface area contributed by atoms with Crippen molar-refractivity contribution in [1.82, 2.24) is 4.72 Å². The van der Waals surface area contributed by atoms with Crippen molar-refractivity contribution in [2.45, 2.75) is 23.7 Å². The lowest BCUT2D eigenvalue weighted by molar-refractivity contribution is 0.282. The predicted molar refractivity (Wildman–Crippen MR) is 80.2 cm³/mol. The summed E-state index contributed by atoms with van der Waals surface area (Å²) in [6.45, 7) is 0.267. The second kappa shape index (κ2) is 6.99. The van der Waals surface area contributed by atoms with Crippen molar-refractivity contribution < 1.29 is 13.5 Å². The highest BCUT2D eigenvalue weighted by Crippen LogP contribution is 2.19. The van der Waals surface area contributed by atoms with Crippen LogP contribution in [0.3, 0.4) is 0 Å². The molecule has 0 fully saturated rings. The van der Waals surface area contributed by atoms with E-state index in [1.54, 1.807) is 5.38 Å². The molecule has 0 aliphatic heterocycles. The summed E-state index contributed by atoms with van der Waals surface area (Å²) >= 11 is 1.13. The van der Waals surface area contributed by atoms with Crippen molar-refractivity contribution >= 4 is 21.4 Å². The Morgan fingerprint density at radius 1 is 1.15 bits per heavy atom. The molecule has 0 aliphatic carbocycles. The van der Waals surface area contributed by atoms with Crippen molar-refractivity contribution in [3.63, 3.8) is 0 Å². The molecule has 2 N–H and O–H groups in total. The van der Waals surface area contributed by atoms with E-state index in [0.717, 1.165) is 24.2 Å². The summed E-state index contributed by atoms with van der Waals surface area (Å²) in [5.74, 6) is 0. The standard InChI is InChI=1S/C14H17NO3S2/c16-10-13-9-14(19-11-13)20(17,18)15-8-4-7-12-5-2-1-3-6-12/h1-3,5-6,9,11,15-16H,4,7-8,10H2. The summed E-state index contributed by atoms with van der Waals surface area (Å²) in [6.07, 6.45) is 1.59. The summed E-state index contributed by atoms with van der Waals surface area (Å²) in [5, 5.41) is 10.6. The van der Waals surface area contributed by atoms with E-state index in [2.05, 4.69) is 4.72 Å². The Hall–Kier alpha value is -1.21. The van der Waals surface area contributed by atoms with E-state index < -0.39 is 10.0 Å². The molecule has 1 aromatic carbocycles. The number of rotatable bonds is 7. The second-order valence-electron chi connectivity index (χ2n) is 4.42. The molecule has 2 aromatic rings. The van der Waals surface area contributed by atoms with Crippen molar-refractivity contribution in [3.05, 3.63) is 52.9 Å². The van der Waals surface area contributed by atoms with Crippen LogP contribution in [0.2, 0.25) is 0 Å². The lowest BCUT2D eigenvalue weighted by atomic mass is 10.1. The highest BCUT2D eigenvalue weighted by molar-refractivity contribution is 7.91. The van der Waals surface area contributed by atoms with Gasteiger partial charge in [-0.25, -0.2) is 13.1 Å². The summed E-state index contributed by atoms with van der Waals surface area (Å²) in [6, 6.07) is 11.5. The van der Waals surface area contributed by atoms with Gasteiger partial charge < -0.3 is 5.11 Å². The Balaban J connectivity index is 1.84. The van der Waals surface area contributed by atoms with Gasteiger partial charge in [0.15, 0.2) is 0 Å². The highest BCUT2D eigenvalue weighted by Gasteiger charge is 2.15. The minimum absolute atomic E-state index is 0.139.